The van der Waals surface area contributed by atoms with E-state index in [2.05, 4.69) is 25.9 Å². The molecule has 0 radical (unpaired) electrons. The van der Waals surface area contributed by atoms with Gasteiger partial charge in [0.15, 0.2) is 0 Å². The number of hydrogen-bond donors (Lipinski definition) is 1. The van der Waals surface area contributed by atoms with Crippen molar-refractivity contribution in [3.63, 3.8) is 0 Å². The van der Waals surface area contributed by atoms with E-state index in [4.69, 9.17) is 16.9 Å². The molecule has 29 heavy (non-hydrogen) atoms. The molecule has 0 aliphatic heterocycles. The van der Waals surface area contributed by atoms with Crippen LogP contribution < -0.4 is 5.43 Å². The highest BCUT2D eigenvalue weighted by Crippen LogP contribution is 2.20. The topological polar surface area (TPSA) is 152 Å². The minimum absolute atomic E-state index is 0.154. The fourth-order valence-corrected chi connectivity index (χ4v) is 2.44. The van der Waals surface area contributed by atoms with Crippen molar-refractivity contribution >= 4 is 29.4 Å². The molecule has 0 saturated heterocycles. The number of nitriles is 1. The Bertz CT molecular complexity index is 1150. The number of tetrazole rings is 1. The summed E-state index contributed by atoms with van der Waals surface area (Å²) < 4.78 is 0. The second-order valence-electron chi connectivity index (χ2n) is 5.56. The molecule has 12 heteroatoms. The Hall–Kier alpha value is -4.17. The number of amides is 1. The lowest BCUT2D eigenvalue weighted by atomic mass is 10.1. The Morgan fingerprint density at radius 1 is 1.38 bits per heavy atom. The van der Waals surface area contributed by atoms with Gasteiger partial charge in [0.1, 0.15) is 6.54 Å². The summed E-state index contributed by atoms with van der Waals surface area (Å²) in [6.45, 7) is -0.276. The number of benzene rings is 2. The Morgan fingerprint density at radius 3 is 2.93 bits per heavy atom. The third kappa shape index (κ3) is 4.76. The zero-order chi connectivity index (χ0) is 20.8. The minimum Gasteiger partial charge on any atom is -0.271 e. The summed E-state index contributed by atoms with van der Waals surface area (Å²) in [5.74, 6) is -0.345. The molecule has 0 spiro atoms. The molecule has 1 amide bonds. The number of halogens is 1. The predicted octanol–water partition coefficient (Wildman–Crippen LogP) is 1.92. The number of nitro groups is 1. The quantitative estimate of drug-likeness (QED) is 0.370. The first-order valence-corrected chi connectivity index (χ1v) is 8.39. The van der Waals surface area contributed by atoms with Crippen molar-refractivity contribution in [1.29, 1.82) is 5.26 Å². The Morgan fingerprint density at radius 2 is 2.17 bits per heavy atom. The number of nitrogens with one attached hydrogen (secondary N) is 1. The fourth-order valence-electron chi connectivity index (χ4n) is 2.27. The van der Waals surface area contributed by atoms with Gasteiger partial charge in [0.05, 0.1) is 22.8 Å². The van der Waals surface area contributed by atoms with Crippen molar-refractivity contribution < 1.29 is 9.72 Å². The lowest BCUT2D eigenvalue weighted by Gasteiger charge is -2.00. The number of nitro benzene ring substituents is 1. The van der Waals surface area contributed by atoms with Crippen LogP contribution in [0.4, 0.5) is 5.69 Å². The van der Waals surface area contributed by atoms with Gasteiger partial charge in [-0.25, -0.2) is 5.43 Å². The molecular formula is C17H11ClN8O3. The summed E-state index contributed by atoms with van der Waals surface area (Å²) in [5, 5.41) is 35.6. The lowest BCUT2D eigenvalue weighted by molar-refractivity contribution is -0.384. The number of hydrazone groups is 1. The van der Waals surface area contributed by atoms with Gasteiger partial charge in [-0.05, 0) is 23.4 Å². The Kier molecular flexibility index (Phi) is 5.86. The number of non-ortho nitro benzene ring substituents is 1. The van der Waals surface area contributed by atoms with Crippen LogP contribution in [-0.2, 0) is 11.3 Å². The van der Waals surface area contributed by atoms with E-state index in [1.807, 2.05) is 6.07 Å². The molecule has 144 valence electrons. The fraction of sp³-hybridized carbons (Fsp3) is 0.0588. The van der Waals surface area contributed by atoms with Gasteiger partial charge in [-0.15, -0.1) is 10.2 Å². The van der Waals surface area contributed by atoms with E-state index in [1.54, 1.807) is 24.3 Å². The van der Waals surface area contributed by atoms with E-state index < -0.39 is 10.8 Å². The molecule has 0 unspecified atom stereocenters. The molecule has 3 rings (SSSR count). The van der Waals surface area contributed by atoms with Crippen molar-refractivity contribution in [2.75, 3.05) is 0 Å². The second-order valence-corrected chi connectivity index (χ2v) is 5.96. The average Bonchev–Trinajstić information content (AvgIpc) is 3.17. The van der Waals surface area contributed by atoms with Crippen LogP contribution in [0.1, 0.15) is 11.1 Å². The lowest BCUT2D eigenvalue weighted by Crippen LogP contribution is -2.24. The molecule has 3 aromatic rings. The second kappa shape index (κ2) is 8.68. The summed E-state index contributed by atoms with van der Waals surface area (Å²) in [6.07, 6.45) is 1.19. The van der Waals surface area contributed by atoms with Gasteiger partial charge < -0.3 is 0 Å². The predicted molar refractivity (Wildman–Crippen MR) is 102 cm³/mol. The third-order valence-corrected chi connectivity index (χ3v) is 3.95. The first-order chi connectivity index (χ1) is 14.0. The molecule has 1 heterocycles. The number of aromatic nitrogens is 4. The Balaban J connectivity index is 1.64. The van der Waals surface area contributed by atoms with Crippen LogP contribution in [0.25, 0.3) is 11.4 Å². The molecule has 0 bridgehead atoms. The third-order valence-electron chi connectivity index (χ3n) is 3.61. The van der Waals surface area contributed by atoms with E-state index in [9.17, 15) is 14.9 Å². The summed E-state index contributed by atoms with van der Waals surface area (Å²) in [5.41, 5.74) is 3.25. The van der Waals surface area contributed by atoms with Crippen molar-refractivity contribution in [3.8, 4) is 17.5 Å². The standard InChI is InChI=1S/C17H11ClN8O3/c18-15-6-5-13(26(28)29)7-12(15)9-20-21-16(27)10-25-23-17(22-24-25)14-4-2-1-3-11(14)8-19/h1-7,9H,10H2,(H,21,27)/b20-9-. The molecule has 1 aromatic heterocycles. The molecule has 1 N–H and O–H groups in total. The van der Waals surface area contributed by atoms with Gasteiger partial charge in [-0.2, -0.15) is 15.2 Å². The molecule has 11 nitrogen and oxygen atoms in total. The highest BCUT2D eigenvalue weighted by molar-refractivity contribution is 6.33. The molecule has 0 atom stereocenters. The van der Waals surface area contributed by atoms with Crippen LogP contribution in [0.3, 0.4) is 0 Å². The van der Waals surface area contributed by atoms with Gasteiger partial charge in [-0.3, -0.25) is 14.9 Å². The number of carbonyl (C=O) groups excluding carboxylic acids is 1. The van der Waals surface area contributed by atoms with Crippen LogP contribution >= 0.6 is 11.6 Å². The van der Waals surface area contributed by atoms with Crippen LogP contribution in [0.2, 0.25) is 5.02 Å². The summed E-state index contributed by atoms with van der Waals surface area (Å²) in [4.78, 5) is 23.3. The van der Waals surface area contributed by atoms with E-state index in [0.717, 1.165) is 4.80 Å². The van der Waals surface area contributed by atoms with E-state index >= 15 is 0 Å². The number of carbonyl (C=O) groups is 1. The first-order valence-electron chi connectivity index (χ1n) is 8.01. The van der Waals surface area contributed by atoms with Crippen molar-refractivity contribution in [2.24, 2.45) is 5.10 Å². The van der Waals surface area contributed by atoms with Crippen LogP contribution in [-0.4, -0.2) is 37.3 Å². The first kappa shape index (κ1) is 19.6. The zero-order valence-corrected chi connectivity index (χ0v) is 15.3. The largest absolute Gasteiger partial charge is 0.271 e. The molecule has 0 fully saturated rings. The van der Waals surface area contributed by atoms with Crippen LogP contribution in [0.15, 0.2) is 47.6 Å². The Labute approximate surface area is 168 Å². The molecule has 0 saturated carbocycles. The van der Waals surface area contributed by atoms with E-state index in [1.165, 1.54) is 24.4 Å². The number of nitrogens with zero attached hydrogens (tertiary/aromatic N) is 7. The highest BCUT2D eigenvalue weighted by Gasteiger charge is 2.12. The zero-order valence-electron chi connectivity index (χ0n) is 14.6. The van der Waals surface area contributed by atoms with Gasteiger partial charge in [0.2, 0.25) is 5.82 Å². The average molecular weight is 411 g/mol. The van der Waals surface area contributed by atoms with Crippen LogP contribution in [0, 0.1) is 21.4 Å². The normalized spacial score (nSPS) is 10.6. The molecule has 0 aliphatic rings. The maximum absolute atomic E-state index is 12.0. The van der Waals surface area contributed by atoms with Gasteiger partial charge in [0, 0.05) is 28.3 Å². The molecule has 0 aliphatic carbocycles. The maximum Gasteiger partial charge on any atom is 0.270 e. The molecule has 2 aromatic carbocycles. The van der Waals surface area contributed by atoms with Gasteiger partial charge in [0.25, 0.3) is 11.6 Å². The smallest absolute Gasteiger partial charge is 0.270 e. The van der Waals surface area contributed by atoms with Crippen molar-refractivity contribution in [2.45, 2.75) is 6.54 Å². The van der Waals surface area contributed by atoms with E-state index in [-0.39, 0.29) is 28.6 Å². The van der Waals surface area contributed by atoms with E-state index in [0.29, 0.717) is 11.1 Å². The summed E-state index contributed by atoms with van der Waals surface area (Å²) in [6, 6.07) is 12.6. The summed E-state index contributed by atoms with van der Waals surface area (Å²) in [7, 11) is 0. The highest BCUT2D eigenvalue weighted by atomic mass is 35.5. The van der Waals surface area contributed by atoms with Crippen molar-refractivity contribution in [3.05, 3.63) is 68.7 Å². The monoisotopic (exact) mass is 410 g/mol. The molecular weight excluding hydrogens is 400 g/mol. The number of rotatable bonds is 6. The van der Waals surface area contributed by atoms with Crippen LogP contribution in [0.5, 0.6) is 0 Å². The summed E-state index contributed by atoms with van der Waals surface area (Å²) >= 11 is 5.95. The SMILES string of the molecule is N#Cc1ccccc1-c1nnn(CC(=O)N/N=C\c2cc([N+](=O)[O-])ccc2Cl)n1. The van der Waals surface area contributed by atoms with Gasteiger partial charge in [-0.1, -0.05) is 23.7 Å². The minimum atomic E-state index is -0.565. The van der Waals surface area contributed by atoms with Crippen molar-refractivity contribution in [1.82, 2.24) is 25.6 Å². The maximum atomic E-state index is 12.0. The van der Waals surface area contributed by atoms with Gasteiger partial charge >= 0.3 is 0 Å². The number of hydrogen-bond acceptors (Lipinski definition) is 8.